The van der Waals surface area contributed by atoms with Crippen LogP contribution in [0.3, 0.4) is 0 Å². The Morgan fingerprint density at radius 1 is 1.23 bits per heavy atom. The normalized spacial score (nSPS) is 12.0. The summed E-state index contributed by atoms with van der Waals surface area (Å²) in [4.78, 5) is 7.21. The SMILES string of the molecule is CCS(=O)(=O)NCCNC(=NC)NCCc1c[nH]c2ccc(F)cc12.I. The van der Waals surface area contributed by atoms with Crippen molar-refractivity contribution < 1.29 is 12.8 Å². The van der Waals surface area contributed by atoms with Crippen LogP contribution in [0.15, 0.2) is 29.4 Å². The number of hydrogen-bond donors (Lipinski definition) is 4. The highest BCUT2D eigenvalue weighted by Crippen LogP contribution is 2.19. The number of aromatic amines is 1. The van der Waals surface area contributed by atoms with Crippen LogP contribution in [0.2, 0.25) is 0 Å². The summed E-state index contributed by atoms with van der Waals surface area (Å²) in [5, 5.41) is 7.06. The highest BCUT2D eigenvalue weighted by molar-refractivity contribution is 14.0. The van der Waals surface area contributed by atoms with Gasteiger partial charge in [0.05, 0.1) is 5.75 Å². The molecule has 1 aromatic heterocycles. The van der Waals surface area contributed by atoms with Crippen LogP contribution in [0.1, 0.15) is 12.5 Å². The lowest BCUT2D eigenvalue weighted by Crippen LogP contribution is -2.42. The molecule has 0 fully saturated rings. The van der Waals surface area contributed by atoms with Crippen molar-refractivity contribution in [1.29, 1.82) is 0 Å². The number of sulfonamides is 1. The average molecular weight is 497 g/mol. The molecule has 0 aliphatic rings. The number of H-pyrrole nitrogens is 1. The summed E-state index contributed by atoms with van der Waals surface area (Å²) in [7, 11) is -1.53. The van der Waals surface area contributed by atoms with Crippen LogP contribution in [0, 0.1) is 5.82 Å². The Balaban J connectivity index is 0.00000338. The molecule has 26 heavy (non-hydrogen) atoms. The summed E-state index contributed by atoms with van der Waals surface area (Å²) in [6.45, 7) is 2.92. The van der Waals surface area contributed by atoms with Crippen LogP contribution < -0.4 is 15.4 Å². The van der Waals surface area contributed by atoms with E-state index in [4.69, 9.17) is 0 Å². The number of benzene rings is 1. The van der Waals surface area contributed by atoms with Gasteiger partial charge in [-0.15, -0.1) is 24.0 Å². The van der Waals surface area contributed by atoms with Gasteiger partial charge in [-0.05, 0) is 37.1 Å². The number of aliphatic imine (C=N–C) groups is 1. The third-order valence-corrected chi connectivity index (χ3v) is 5.16. The van der Waals surface area contributed by atoms with Crippen molar-refractivity contribution in [3.05, 3.63) is 35.8 Å². The maximum Gasteiger partial charge on any atom is 0.211 e. The van der Waals surface area contributed by atoms with E-state index in [1.165, 1.54) is 12.1 Å². The average Bonchev–Trinajstić information content (AvgIpc) is 2.99. The minimum absolute atomic E-state index is 0. The first-order chi connectivity index (χ1) is 11.9. The quantitative estimate of drug-likeness (QED) is 0.193. The maximum atomic E-state index is 13.4. The van der Waals surface area contributed by atoms with Crippen molar-refractivity contribution in [1.82, 2.24) is 20.3 Å². The molecule has 2 aromatic rings. The lowest BCUT2D eigenvalue weighted by Gasteiger charge is -2.12. The van der Waals surface area contributed by atoms with Gasteiger partial charge in [-0.25, -0.2) is 17.5 Å². The topological polar surface area (TPSA) is 98.4 Å². The van der Waals surface area contributed by atoms with Gasteiger partial charge < -0.3 is 15.6 Å². The number of nitrogens with zero attached hydrogens (tertiary/aromatic N) is 1. The molecule has 0 amide bonds. The van der Waals surface area contributed by atoms with Gasteiger partial charge in [-0.1, -0.05) is 0 Å². The fourth-order valence-corrected chi connectivity index (χ4v) is 3.00. The molecule has 0 spiro atoms. The first kappa shape index (κ1) is 22.6. The minimum atomic E-state index is -3.18. The van der Waals surface area contributed by atoms with Crippen LogP contribution in [-0.2, 0) is 16.4 Å². The van der Waals surface area contributed by atoms with E-state index in [-0.39, 0.29) is 35.5 Å². The van der Waals surface area contributed by atoms with Gasteiger partial charge in [-0.3, -0.25) is 4.99 Å². The molecule has 0 aliphatic carbocycles. The van der Waals surface area contributed by atoms with Gasteiger partial charge in [0.15, 0.2) is 5.96 Å². The van der Waals surface area contributed by atoms with E-state index in [1.807, 2.05) is 6.20 Å². The Kier molecular flexibility index (Phi) is 9.30. The number of nitrogens with one attached hydrogen (secondary N) is 4. The predicted octanol–water partition coefficient (Wildman–Crippen LogP) is 1.57. The zero-order chi connectivity index (χ0) is 18.3. The van der Waals surface area contributed by atoms with Gasteiger partial charge in [0, 0.05) is 43.8 Å². The predicted molar refractivity (Wildman–Crippen MR) is 114 cm³/mol. The number of aromatic nitrogens is 1. The fourth-order valence-electron chi connectivity index (χ4n) is 2.38. The lowest BCUT2D eigenvalue weighted by molar-refractivity contribution is 0.582. The summed E-state index contributed by atoms with van der Waals surface area (Å²) in [5.41, 5.74) is 1.93. The molecule has 0 atom stereocenters. The van der Waals surface area contributed by atoms with Crippen molar-refractivity contribution >= 4 is 50.9 Å². The van der Waals surface area contributed by atoms with E-state index in [1.54, 1.807) is 20.0 Å². The zero-order valence-electron chi connectivity index (χ0n) is 14.8. The molecule has 10 heteroatoms. The molecule has 2 rings (SSSR count). The molecule has 1 aromatic carbocycles. The number of fused-ring (bicyclic) bond motifs is 1. The summed E-state index contributed by atoms with van der Waals surface area (Å²) in [5.74, 6) is 0.389. The van der Waals surface area contributed by atoms with Gasteiger partial charge >= 0.3 is 0 Å². The Hall–Kier alpha value is -1.40. The van der Waals surface area contributed by atoms with Crippen molar-refractivity contribution in [2.75, 3.05) is 32.4 Å². The molecular formula is C16H25FIN5O2S. The van der Waals surface area contributed by atoms with Crippen LogP contribution in [0.25, 0.3) is 10.9 Å². The molecule has 4 N–H and O–H groups in total. The van der Waals surface area contributed by atoms with E-state index in [2.05, 4.69) is 25.3 Å². The Bertz CT molecular complexity index is 838. The van der Waals surface area contributed by atoms with Crippen LogP contribution in [0.4, 0.5) is 4.39 Å². The molecule has 7 nitrogen and oxygen atoms in total. The molecule has 0 saturated carbocycles. The van der Waals surface area contributed by atoms with E-state index in [9.17, 15) is 12.8 Å². The van der Waals surface area contributed by atoms with E-state index < -0.39 is 10.0 Å². The third kappa shape index (κ3) is 6.72. The Morgan fingerprint density at radius 3 is 2.65 bits per heavy atom. The zero-order valence-corrected chi connectivity index (χ0v) is 17.9. The maximum absolute atomic E-state index is 13.4. The standard InChI is InChI=1S/C16H24FN5O2S.HI/c1-3-25(23,24)22-9-8-20-16(18-2)19-7-6-12-11-21-15-5-4-13(17)10-14(12)15;/h4-5,10-11,21-22H,3,6-9H2,1-2H3,(H2,18,19,20);1H. The second-order valence-corrected chi connectivity index (χ2v) is 7.57. The number of halogens is 2. The molecular weight excluding hydrogens is 472 g/mol. The van der Waals surface area contributed by atoms with Gasteiger partial charge in [0.25, 0.3) is 0 Å². The van der Waals surface area contributed by atoms with Crippen molar-refractivity contribution in [2.45, 2.75) is 13.3 Å². The van der Waals surface area contributed by atoms with Crippen molar-refractivity contribution in [3.63, 3.8) is 0 Å². The summed E-state index contributed by atoms with van der Waals surface area (Å²) < 4.78 is 38.5. The smallest absolute Gasteiger partial charge is 0.211 e. The number of hydrogen-bond acceptors (Lipinski definition) is 3. The molecule has 0 bridgehead atoms. The van der Waals surface area contributed by atoms with E-state index in [0.29, 0.717) is 32.0 Å². The van der Waals surface area contributed by atoms with Crippen LogP contribution in [0.5, 0.6) is 0 Å². The second kappa shape index (κ2) is 10.7. The summed E-state index contributed by atoms with van der Waals surface area (Å²) >= 11 is 0. The van der Waals surface area contributed by atoms with Crippen LogP contribution in [-0.4, -0.2) is 51.8 Å². The van der Waals surface area contributed by atoms with Gasteiger partial charge in [-0.2, -0.15) is 0 Å². The summed E-state index contributed by atoms with van der Waals surface area (Å²) in [6, 6.07) is 4.67. The fraction of sp³-hybridized carbons (Fsp3) is 0.438. The highest BCUT2D eigenvalue weighted by atomic mass is 127. The van der Waals surface area contributed by atoms with Gasteiger partial charge in [0.1, 0.15) is 5.82 Å². The molecule has 146 valence electrons. The molecule has 0 aliphatic heterocycles. The molecule has 1 heterocycles. The first-order valence-electron chi connectivity index (χ1n) is 8.12. The molecule has 0 unspecified atom stereocenters. The van der Waals surface area contributed by atoms with E-state index >= 15 is 0 Å². The Labute approximate surface area is 170 Å². The monoisotopic (exact) mass is 497 g/mol. The highest BCUT2D eigenvalue weighted by Gasteiger charge is 2.06. The third-order valence-electron chi connectivity index (χ3n) is 3.76. The largest absolute Gasteiger partial charge is 0.361 e. The van der Waals surface area contributed by atoms with Crippen molar-refractivity contribution in [2.24, 2.45) is 4.99 Å². The first-order valence-corrected chi connectivity index (χ1v) is 9.77. The van der Waals surface area contributed by atoms with Crippen LogP contribution >= 0.6 is 24.0 Å². The lowest BCUT2D eigenvalue weighted by atomic mass is 10.1. The molecule has 0 radical (unpaired) electrons. The van der Waals surface area contributed by atoms with Crippen molar-refractivity contribution in [3.8, 4) is 0 Å². The Morgan fingerprint density at radius 2 is 1.96 bits per heavy atom. The summed E-state index contributed by atoms with van der Waals surface area (Å²) in [6.07, 6.45) is 2.58. The second-order valence-electron chi connectivity index (χ2n) is 5.48. The van der Waals surface area contributed by atoms with Gasteiger partial charge in [0.2, 0.25) is 10.0 Å². The number of rotatable bonds is 8. The van der Waals surface area contributed by atoms with E-state index in [0.717, 1.165) is 16.5 Å². The molecule has 0 saturated heterocycles. The minimum Gasteiger partial charge on any atom is -0.361 e. The number of guanidine groups is 1.